The normalized spacial score (nSPS) is 19.7. The lowest BCUT2D eigenvalue weighted by Gasteiger charge is -2.21. The molecular formula is C14H15ClN2O4. The van der Waals surface area contributed by atoms with Gasteiger partial charge in [0.15, 0.2) is 11.5 Å². The van der Waals surface area contributed by atoms with Crippen LogP contribution in [0.4, 0.5) is 4.79 Å². The molecular weight excluding hydrogens is 296 g/mol. The molecule has 112 valence electrons. The molecule has 1 saturated heterocycles. The van der Waals surface area contributed by atoms with E-state index in [0.29, 0.717) is 35.3 Å². The highest BCUT2D eigenvalue weighted by Crippen LogP contribution is 2.38. The fourth-order valence-corrected chi connectivity index (χ4v) is 2.69. The maximum Gasteiger partial charge on any atom is 0.325 e. The summed E-state index contributed by atoms with van der Waals surface area (Å²) in [6, 6.07) is 3.02. The molecule has 0 bridgehead atoms. The van der Waals surface area contributed by atoms with Gasteiger partial charge in [-0.05, 0) is 31.5 Å². The van der Waals surface area contributed by atoms with Gasteiger partial charge in [-0.15, -0.1) is 0 Å². The second-order valence-corrected chi connectivity index (χ2v) is 5.96. The number of ether oxygens (including phenoxy) is 2. The molecule has 1 N–H and O–H groups in total. The molecule has 0 spiro atoms. The summed E-state index contributed by atoms with van der Waals surface area (Å²) in [6.45, 7) is 4.38. The third-order valence-corrected chi connectivity index (χ3v) is 3.72. The maximum atomic E-state index is 12.2. The van der Waals surface area contributed by atoms with Crippen molar-refractivity contribution in [1.82, 2.24) is 10.2 Å². The molecule has 0 radical (unpaired) electrons. The number of amides is 3. The van der Waals surface area contributed by atoms with Crippen molar-refractivity contribution in [2.75, 3.05) is 13.2 Å². The monoisotopic (exact) mass is 310 g/mol. The molecule has 1 aromatic rings. The van der Waals surface area contributed by atoms with Crippen LogP contribution in [-0.2, 0) is 11.3 Å². The number of nitrogens with zero attached hydrogens (tertiary/aromatic N) is 1. The molecule has 7 heteroatoms. The molecule has 3 rings (SSSR count). The zero-order valence-electron chi connectivity index (χ0n) is 11.7. The first-order chi connectivity index (χ1) is 9.88. The fourth-order valence-electron chi connectivity index (χ4n) is 2.40. The Bertz CT molecular complexity index is 630. The van der Waals surface area contributed by atoms with Crippen molar-refractivity contribution in [2.24, 2.45) is 0 Å². The van der Waals surface area contributed by atoms with Gasteiger partial charge in [0, 0.05) is 0 Å². The van der Waals surface area contributed by atoms with Crippen molar-refractivity contribution < 1.29 is 19.1 Å². The van der Waals surface area contributed by atoms with E-state index in [1.165, 1.54) is 4.90 Å². The summed E-state index contributed by atoms with van der Waals surface area (Å²) in [4.78, 5) is 25.2. The number of fused-ring (bicyclic) bond motifs is 1. The van der Waals surface area contributed by atoms with Crippen LogP contribution in [0.3, 0.4) is 0 Å². The Kier molecular flexibility index (Phi) is 3.20. The summed E-state index contributed by atoms with van der Waals surface area (Å²) in [5.41, 5.74) is -0.167. The lowest BCUT2D eigenvalue weighted by molar-refractivity contribution is -0.130. The van der Waals surface area contributed by atoms with Crippen LogP contribution in [0.2, 0.25) is 5.02 Å². The lowest BCUT2D eigenvalue weighted by atomic mass is 10.1. The minimum Gasteiger partial charge on any atom is -0.486 e. The Morgan fingerprint density at radius 1 is 1.29 bits per heavy atom. The molecule has 0 saturated carbocycles. The largest absolute Gasteiger partial charge is 0.486 e. The Balaban J connectivity index is 1.87. The number of nitrogens with one attached hydrogen (secondary N) is 1. The molecule has 0 aliphatic carbocycles. The number of imide groups is 1. The van der Waals surface area contributed by atoms with E-state index >= 15 is 0 Å². The van der Waals surface area contributed by atoms with Gasteiger partial charge in [-0.1, -0.05) is 11.6 Å². The lowest BCUT2D eigenvalue weighted by Crippen LogP contribution is -2.40. The van der Waals surface area contributed by atoms with Crippen molar-refractivity contribution in [3.63, 3.8) is 0 Å². The molecule has 1 fully saturated rings. The number of halogens is 1. The fraction of sp³-hybridized carbons (Fsp3) is 0.429. The molecule has 0 unspecified atom stereocenters. The van der Waals surface area contributed by atoms with Crippen LogP contribution in [0.5, 0.6) is 11.5 Å². The van der Waals surface area contributed by atoms with E-state index in [1.54, 1.807) is 26.0 Å². The van der Waals surface area contributed by atoms with Crippen molar-refractivity contribution in [3.05, 3.63) is 22.7 Å². The Labute approximate surface area is 127 Å². The third-order valence-electron chi connectivity index (χ3n) is 3.44. The Hall–Kier alpha value is -1.95. The number of carbonyl (C=O) groups is 2. The third kappa shape index (κ3) is 2.40. The average molecular weight is 311 g/mol. The van der Waals surface area contributed by atoms with Crippen molar-refractivity contribution in [2.45, 2.75) is 25.9 Å². The molecule has 0 aromatic heterocycles. The predicted molar refractivity (Wildman–Crippen MR) is 75.6 cm³/mol. The topological polar surface area (TPSA) is 67.9 Å². The van der Waals surface area contributed by atoms with Gasteiger partial charge in [-0.25, -0.2) is 4.79 Å². The molecule has 6 nitrogen and oxygen atoms in total. The molecule has 2 aliphatic heterocycles. The smallest absolute Gasteiger partial charge is 0.325 e. The number of carbonyl (C=O) groups excluding carboxylic acids is 2. The van der Waals surface area contributed by atoms with Crippen LogP contribution in [0.15, 0.2) is 12.1 Å². The second kappa shape index (κ2) is 4.80. The second-order valence-electron chi connectivity index (χ2n) is 5.55. The van der Waals surface area contributed by atoms with E-state index in [-0.39, 0.29) is 12.5 Å². The van der Waals surface area contributed by atoms with E-state index in [1.807, 2.05) is 0 Å². The standard InChI is InChI=1S/C14H15ClN2O4/c1-14(2)12(18)17(13(19)16-14)7-8-5-9(15)11-10(6-8)20-3-4-21-11/h5-6H,3-4,7H2,1-2H3,(H,16,19). The van der Waals surface area contributed by atoms with Gasteiger partial charge in [0.2, 0.25) is 0 Å². The number of benzene rings is 1. The number of hydrogen-bond acceptors (Lipinski definition) is 4. The van der Waals surface area contributed by atoms with Gasteiger partial charge in [0.1, 0.15) is 18.8 Å². The summed E-state index contributed by atoms with van der Waals surface area (Å²) in [5.74, 6) is 0.776. The summed E-state index contributed by atoms with van der Waals surface area (Å²) in [5, 5.41) is 3.05. The van der Waals surface area contributed by atoms with E-state index in [4.69, 9.17) is 21.1 Å². The average Bonchev–Trinajstić information content (AvgIpc) is 2.61. The molecule has 3 amide bonds. The Morgan fingerprint density at radius 3 is 2.67 bits per heavy atom. The van der Waals surface area contributed by atoms with Gasteiger partial charge >= 0.3 is 6.03 Å². The highest BCUT2D eigenvalue weighted by molar-refractivity contribution is 6.32. The Morgan fingerprint density at radius 2 is 2.00 bits per heavy atom. The number of hydrogen-bond donors (Lipinski definition) is 1. The summed E-state index contributed by atoms with van der Waals surface area (Å²) in [7, 11) is 0. The van der Waals surface area contributed by atoms with Crippen LogP contribution < -0.4 is 14.8 Å². The molecule has 2 heterocycles. The van der Waals surface area contributed by atoms with Crippen molar-refractivity contribution in [3.8, 4) is 11.5 Å². The number of urea groups is 1. The van der Waals surface area contributed by atoms with Gasteiger partial charge in [0.05, 0.1) is 11.6 Å². The first-order valence-electron chi connectivity index (χ1n) is 6.60. The van der Waals surface area contributed by atoms with Gasteiger partial charge in [-0.2, -0.15) is 0 Å². The first-order valence-corrected chi connectivity index (χ1v) is 6.98. The number of rotatable bonds is 2. The zero-order chi connectivity index (χ0) is 15.2. The van der Waals surface area contributed by atoms with Gasteiger partial charge in [-0.3, -0.25) is 9.69 Å². The van der Waals surface area contributed by atoms with E-state index in [0.717, 1.165) is 0 Å². The quantitative estimate of drug-likeness (QED) is 0.848. The van der Waals surface area contributed by atoms with Gasteiger partial charge in [0.25, 0.3) is 5.91 Å². The zero-order valence-corrected chi connectivity index (χ0v) is 12.5. The van der Waals surface area contributed by atoms with Crippen LogP contribution in [-0.4, -0.2) is 35.6 Å². The van der Waals surface area contributed by atoms with Crippen LogP contribution in [0.25, 0.3) is 0 Å². The molecule has 2 aliphatic rings. The predicted octanol–water partition coefficient (Wildman–Crippen LogP) is 1.94. The van der Waals surface area contributed by atoms with E-state index in [9.17, 15) is 9.59 Å². The van der Waals surface area contributed by atoms with Gasteiger partial charge < -0.3 is 14.8 Å². The SMILES string of the molecule is CC1(C)NC(=O)N(Cc2cc(Cl)c3c(c2)OCCO3)C1=O. The van der Waals surface area contributed by atoms with E-state index < -0.39 is 11.6 Å². The first kappa shape index (κ1) is 14.0. The highest BCUT2D eigenvalue weighted by Gasteiger charge is 2.44. The molecule has 21 heavy (non-hydrogen) atoms. The maximum absolute atomic E-state index is 12.2. The molecule has 1 aromatic carbocycles. The van der Waals surface area contributed by atoms with Crippen LogP contribution in [0.1, 0.15) is 19.4 Å². The van der Waals surface area contributed by atoms with Crippen LogP contribution >= 0.6 is 11.6 Å². The molecule has 0 atom stereocenters. The summed E-state index contributed by atoms with van der Waals surface area (Å²) >= 11 is 6.15. The van der Waals surface area contributed by atoms with Crippen molar-refractivity contribution >= 4 is 23.5 Å². The van der Waals surface area contributed by atoms with Crippen molar-refractivity contribution in [1.29, 1.82) is 0 Å². The van der Waals surface area contributed by atoms with E-state index in [2.05, 4.69) is 5.32 Å². The highest BCUT2D eigenvalue weighted by atomic mass is 35.5. The summed E-state index contributed by atoms with van der Waals surface area (Å²) < 4.78 is 10.9. The minimum absolute atomic E-state index is 0.143. The minimum atomic E-state index is -0.880. The van der Waals surface area contributed by atoms with Crippen LogP contribution in [0, 0.1) is 0 Å². The summed E-state index contributed by atoms with van der Waals surface area (Å²) in [6.07, 6.45) is 0.